The summed E-state index contributed by atoms with van der Waals surface area (Å²) in [5, 5.41) is 7.36. The molecule has 0 unspecified atom stereocenters. The number of imidazole rings is 1. The van der Waals surface area contributed by atoms with Crippen molar-refractivity contribution in [3.8, 4) is 33.8 Å². The third-order valence-electron chi connectivity index (χ3n) is 6.94. The van der Waals surface area contributed by atoms with E-state index in [0.29, 0.717) is 5.82 Å². The fourth-order valence-corrected chi connectivity index (χ4v) is 5.33. The zero-order chi connectivity index (χ0) is 23.6. The third kappa shape index (κ3) is 2.68. The molecule has 0 atom stereocenters. The molecule has 0 aliphatic carbocycles. The van der Waals surface area contributed by atoms with Crippen molar-refractivity contribution < 1.29 is 0 Å². The van der Waals surface area contributed by atoms with Gasteiger partial charge in [0.25, 0.3) is 0 Å². The topological polar surface area (TPSA) is 47.5 Å². The van der Waals surface area contributed by atoms with Crippen LogP contribution in [0.5, 0.6) is 0 Å². The van der Waals surface area contributed by atoms with E-state index in [-0.39, 0.29) is 0 Å². The summed E-state index contributed by atoms with van der Waals surface area (Å²) in [7, 11) is 0. The second-order valence-corrected chi connectivity index (χ2v) is 9.04. The van der Waals surface area contributed by atoms with Crippen LogP contribution in [-0.2, 0) is 0 Å². The predicted octanol–water partition coefficient (Wildman–Crippen LogP) is 7.12. The van der Waals surface area contributed by atoms with Crippen LogP contribution in [0.1, 0.15) is 0 Å². The average molecular weight is 462 g/mol. The number of pyridine rings is 2. The first-order valence-electron chi connectivity index (χ1n) is 12.0. The van der Waals surface area contributed by atoms with Gasteiger partial charge in [-0.3, -0.25) is 4.40 Å². The van der Waals surface area contributed by atoms with Crippen LogP contribution in [0, 0.1) is 0 Å². The minimum Gasteiger partial charge on any atom is -0.291 e. The zero-order valence-electron chi connectivity index (χ0n) is 19.2. The van der Waals surface area contributed by atoms with Crippen LogP contribution in [0.3, 0.4) is 0 Å². The van der Waals surface area contributed by atoms with Crippen LogP contribution < -0.4 is 0 Å². The van der Waals surface area contributed by atoms with E-state index in [1.807, 2.05) is 22.7 Å². The molecule has 0 spiro atoms. The molecule has 3 aromatic carbocycles. The van der Waals surface area contributed by atoms with Crippen molar-refractivity contribution in [3.63, 3.8) is 0 Å². The number of aromatic nitrogens is 5. The monoisotopic (exact) mass is 461 g/mol. The number of nitrogens with zero attached hydrogens (tertiary/aromatic N) is 5. The molecule has 36 heavy (non-hydrogen) atoms. The predicted molar refractivity (Wildman–Crippen MR) is 144 cm³/mol. The molecule has 8 rings (SSSR count). The summed E-state index contributed by atoms with van der Waals surface area (Å²) < 4.78 is 4.12. The number of hydrogen-bond donors (Lipinski definition) is 0. The lowest BCUT2D eigenvalue weighted by molar-refractivity contribution is 0.966. The maximum Gasteiger partial charge on any atom is 0.203 e. The van der Waals surface area contributed by atoms with Gasteiger partial charge in [-0.25, -0.2) is 14.5 Å². The summed E-state index contributed by atoms with van der Waals surface area (Å²) in [6.45, 7) is 0. The molecular weight excluding hydrogens is 442 g/mol. The summed E-state index contributed by atoms with van der Waals surface area (Å²) in [6.07, 6.45) is 2.06. The molecule has 8 aromatic rings. The molecule has 5 heteroatoms. The Labute approximate surface area is 206 Å². The van der Waals surface area contributed by atoms with Gasteiger partial charge < -0.3 is 0 Å². The van der Waals surface area contributed by atoms with Gasteiger partial charge in [0.05, 0.1) is 11.0 Å². The molecule has 5 aromatic heterocycles. The lowest BCUT2D eigenvalue weighted by Crippen LogP contribution is -1.93. The van der Waals surface area contributed by atoms with Gasteiger partial charge in [0, 0.05) is 28.1 Å². The van der Waals surface area contributed by atoms with Crippen molar-refractivity contribution in [1.82, 2.24) is 24.0 Å². The van der Waals surface area contributed by atoms with Gasteiger partial charge in [-0.05, 0) is 29.3 Å². The van der Waals surface area contributed by atoms with E-state index in [1.165, 1.54) is 5.39 Å². The lowest BCUT2D eigenvalue weighted by Gasteiger charge is -2.08. The van der Waals surface area contributed by atoms with Gasteiger partial charge in [0.1, 0.15) is 11.3 Å². The molecule has 0 amide bonds. The van der Waals surface area contributed by atoms with E-state index in [9.17, 15) is 0 Å². The van der Waals surface area contributed by atoms with Crippen LogP contribution in [-0.4, -0.2) is 24.0 Å². The smallest absolute Gasteiger partial charge is 0.203 e. The quantitative estimate of drug-likeness (QED) is 0.281. The fourth-order valence-electron chi connectivity index (χ4n) is 5.33. The molecule has 0 aliphatic rings. The number of fused-ring (bicyclic) bond motifs is 4. The van der Waals surface area contributed by atoms with Gasteiger partial charge in [-0.1, -0.05) is 91.0 Å². The summed E-state index contributed by atoms with van der Waals surface area (Å²) in [6, 6.07) is 37.7. The third-order valence-corrected chi connectivity index (χ3v) is 6.94. The van der Waals surface area contributed by atoms with Crippen molar-refractivity contribution in [2.24, 2.45) is 0 Å². The first-order chi connectivity index (χ1) is 17.8. The first-order valence-corrected chi connectivity index (χ1v) is 12.0. The molecular formula is C31H19N5. The molecule has 0 bridgehead atoms. The molecule has 0 fully saturated rings. The SMILES string of the molecule is c1ccc(-c2cc(-c3ccccc3)c3nc(-c4nc5cccc6c7ccccc7c4n56)nn3c2)cc1. The van der Waals surface area contributed by atoms with Crippen molar-refractivity contribution in [2.75, 3.05) is 0 Å². The van der Waals surface area contributed by atoms with E-state index in [2.05, 4.69) is 102 Å². The van der Waals surface area contributed by atoms with E-state index >= 15 is 0 Å². The van der Waals surface area contributed by atoms with Crippen molar-refractivity contribution in [2.45, 2.75) is 0 Å². The van der Waals surface area contributed by atoms with E-state index in [4.69, 9.17) is 15.1 Å². The van der Waals surface area contributed by atoms with Crippen LogP contribution in [0.4, 0.5) is 0 Å². The Kier molecular flexibility index (Phi) is 3.88. The Morgan fingerprint density at radius 1 is 0.583 bits per heavy atom. The maximum atomic E-state index is 5.07. The molecule has 0 saturated heterocycles. The average Bonchev–Trinajstić information content (AvgIpc) is 3.64. The molecule has 168 valence electrons. The van der Waals surface area contributed by atoms with Gasteiger partial charge in [0.2, 0.25) is 5.82 Å². The first kappa shape index (κ1) is 19.3. The maximum absolute atomic E-state index is 5.07. The Bertz CT molecular complexity index is 2030. The summed E-state index contributed by atoms with van der Waals surface area (Å²) in [5.41, 5.74) is 9.09. The number of rotatable bonds is 3. The van der Waals surface area contributed by atoms with Crippen LogP contribution in [0.15, 0.2) is 115 Å². The molecule has 0 radical (unpaired) electrons. The summed E-state index contributed by atoms with van der Waals surface area (Å²) >= 11 is 0. The Morgan fingerprint density at radius 3 is 2.11 bits per heavy atom. The normalized spacial score (nSPS) is 11.9. The molecule has 0 N–H and O–H groups in total. The highest BCUT2D eigenvalue weighted by molar-refractivity contribution is 6.13. The van der Waals surface area contributed by atoms with Gasteiger partial charge in [-0.2, -0.15) is 0 Å². The van der Waals surface area contributed by atoms with E-state index < -0.39 is 0 Å². The minimum atomic E-state index is 0.624. The molecule has 0 aliphatic heterocycles. The van der Waals surface area contributed by atoms with Crippen molar-refractivity contribution in [3.05, 3.63) is 115 Å². The highest BCUT2D eigenvalue weighted by Gasteiger charge is 2.22. The van der Waals surface area contributed by atoms with Crippen LogP contribution in [0.25, 0.3) is 66.9 Å². The highest BCUT2D eigenvalue weighted by atomic mass is 15.3. The standard InChI is InChI=1S/C31H19N5/c1-3-10-20(11-4-1)22-18-25(21-12-5-2-6-13-21)31-33-30(34-35(31)19-22)28-29-24-15-8-7-14-23(24)26-16-9-17-27(32-28)36(26)29/h1-19H. The minimum absolute atomic E-state index is 0.624. The molecule has 5 nitrogen and oxygen atoms in total. The number of benzene rings is 3. The Balaban J connectivity index is 1.44. The van der Waals surface area contributed by atoms with E-state index in [0.717, 1.165) is 55.7 Å². The van der Waals surface area contributed by atoms with Gasteiger partial charge in [-0.15, -0.1) is 5.10 Å². The highest BCUT2D eigenvalue weighted by Crippen LogP contribution is 2.37. The zero-order valence-corrected chi connectivity index (χ0v) is 19.2. The molecule has 0 saturated carbocycles. The number of hydrogen-bond acceptors (Lipinski definition) is 3. The Morgan fingerprint density at radius 2 is 1.31 bits per heavy atom. The molecule has 5 heterocycles. The summed E-state index contributed by atoms with van der Waals surface area (Å²) in [4.78, 5) is 10.1. The fraction of sp³-hybridized carbons (Fsp3) is 0. The Hall–Kier alpha value is -5.03. The van der Waals surface area contributed by atoms with Gasteiger partial charge >= 0.3 is 0 Å². The second kappa shape index (κ2) is 7.23. The summed E-state index contributed by atoms with van der Waals surface area (Å²) in [5.74, 6) is 0.624. The van der Waals surface area contributed by atoms with Crippen molar-refractivity contribution in [1.29, 1.82) is 0 Å². The largest absolute Gasteiger partial charge is 0.291 e. The second-order valence-electron chi connectivity index (χ2n) is 9.04. The van der Waals surface area contributed by atoms with Gasteiger partial charge in [0.15, 0.2) is 5.65 Å². The van der Waals surface area contributed by atoms with Crippen LogP contribution in [0.2, 0.25) is 0 Å². The van der Waals surface area contributed by atoms with Crippen molar-refractivity contribution >= 4 is 33.1 Å². The lowest BCUT2D eigenvalue weighted by atomic mass is 10.0. The van der Waals surface area contributed by atoms with Crippen LogP contribution >= 0.6 is 0 Å². The van der Waals surface area contributed by atoms with E-state index in [1.54, 1.807) is 0 Å².